The quantitative estimate of drug-likeness (QED) is 0.282. The molecule has 0 saturated carbocycles. The van der Waals surface area contributed by atoms with Gasteiger partial charge in [-0.2, -0.15) is 8.78 Å². The van der Waals surface area contributed by atoms with Crippen molar-refractivity contribution in [3.8, 4) is 28.6 Å². The van der Waals surface area contributed by atoms with E-state index in [1.54, 1.807) is 25.5 Å². The van der Waals surface area contributed by atoms with Gasteiger partial charge in [0.2, 0.25) is 0 Å². The maximum atomic E-state index is 12.6. The number of hydrogen-bond donors (Lipinski definition) is 0. The minimum Gasteiger partial charge on any atom is -0.497 e. The average Bonchev–Trinajstić information content (AvgIpc) is 3.48. The fourth-order valence-electron chi connectivity index (χ4n) is 3.22. The Kier molecular flexibility index (Phi) is 7.13. The van der Waals surface area contributed by atoms with E-state index < -0.39 is 6.61 Å². The Labute approximate surface area is 193 Å². The zero-order valence-corrected chi connectivity index (χ0v) is 18.7. The first kappa shape index (κ1) is 22.7. The Morgan fingerprint density at radius 2 is 1.88 bits per heavy atom. The first-order valence-electron chi connectivity index (χ1n) is 9.92. The Morgan fingerprint density at radius 1 is 1.00 bits per heavy atom. The standard InChI is InChI=1S/C23H21F2N3O4S/c1-29-17-6-3-5-16(12-17)21-26-27-23(28(21)13-18-7-4-10-31-18)33-14-15-8-9-19(32-22(24)25)20(11-15)30-2/h3-12,22H,13-14H2,1-2H3. The average molecular weight is 474 g/mol. The molecule has 2 heterocycles. The van der Waals surface area contributed by atoms with Crippen LogP contribution in [0.25, 0.3) is 11.4 Å². The monoisotopic (exact) mass is 473 g/mol. The van der Waals surface area contributed by atoms with Crippen LogP contribution >= 0.6 is 11.8 Å². The molecular weight excluding hydrogens is 452 g/mol. The largest absolute Gasteiger partial charge is 0.497 e. The number of alkyl halides is 2. The summed E-state index contributed by atoms with van der Waals surface area (Å²) in [6.45, 7) is -2.48. The van der Waals surface area contributed by atoms with Crippen LogP contribution in [0.3, 0.4) is 0 Å². The van der Waals surface area contributed by atoms with Gasteiger partial charge in [0.05, 0.1) is 27.0 Å². The van der Waals surface area contributed by atoms with Crippen molar-refractivity contribution in [3.63, 3.8) is 0 Å². The highest BCUT2D eigenvalue weighted by Gasteiger charge is 2.17. The molecule has 0 bridgehead atoms. The van der Waals surface area contributed by atoms with Gasteiger partial charge in [-0.3, -0.25) is 4.57 Å². The Morgan fingerprint density at radius 3 is 2.61 bits per heavy atom. The van der Waals surface area contributed by atoms with Crippen LogP contribution in [0.4, 0.5) is 8.78 Å². The van der Waals surface area contributed by atoms with Gasteiger partial charge >= 0.3 is 6.61 Å². The van der Waals surface area contributed by atoms with E-state index in [9.17, 15) is 8.78 Å². The normalized spacial score (nSPS) is 11.1. The lowest BCUT2D eigenvalue weighted by atomic mass is 10.2. The molecule has 4 rings (SSSR count). The summed E-state index contributed by atoms with van der Waals surface area (Å²) in [4.78, 5) is 0. The first-order chi connectivity index (χ1) is 16.1. The molecule has 0 N–H and O–H groups in total. The second kappa shape index (κ2) is 10.4. The number of nitrogens with zero attached hydrogens (tertiary/aromatic N) is 3. The molecule has 7 nitrogen and oxygen atoms in total. The highest BCUT2D eigenvalue weighted by atomic mass is 32.2. The second-order valence-electron chi connectivity index (χ2n) is 6.86. The van der Waals surface area contributed by atoms with E-state index in [1.165, 1.54) is 24.9 Å². The Hall–Kier alpha value is -3.53. The van der Waals surface area contributed by atoms with E-state index in [0.29, 0.717) is 29.0 Å². The SMILES string of the molecule is COc1cccc(-c2nnc(SCc3ccc(OC(F)F)c(OC)c3)n2Cc2ccco2)c1. The Balaban J connectivity index is 1.60. The van der Waals surface area contributed by atoms with Gasteiger partial charge in [-0.1, -0.05) is 30.0 Å². The van der Waals surface area contributed by atoms with Crippen molar-refractivity contribution in [2.75, 3.05) is 14.2 Å². The molecule has 0 aliphatic rings. The number of ether oxygens (including phenoxy) is 3. The van der Waals surface area contributed by atoms with Gasteiger partial charge in [0.25, 0.3) is 0 Å². The lowest BCUT2D eigenvalue weighted by Gasteiger charge is -2.12. The van der Waals surface area contributed by atoms with Crippen molar-refractivity contribution in [1.82, 2.24) is 14.8 Å². The lowest BCUT2D eigenvalue weighted by molar-refractivity contribution is -0.0512. The van der Waals surface area contributed by atoms with Crippen molar-refractivity contribution in [2.24, 2.45) is 0 Å². The summed E-state index contributed by atoms with van der Waals surface area (Å²) in [5, 5.41) is 9.46. The van der Waals surface area contributed by atoms with Crippen LogP contribution in [-0.4, -0.2) is 35.6 Å². The smallest absolute Gasteiger partial charge is 0.387 e. The third-order valence-electron chi connectivity index (χ3n) is 4.75. The van der Waals surface area contributed by atoms with Crippen LogP contribution in [0.15, 0.2) is 70.4 Å². The fraction of sp³-hybridized carbons (Fsp3) is 0.217. The minimum atomic E-state index is -2.92. The zero-order chi connectivity index (χ0) is 23.2. The predicted molar refractivity (Wildman–Crippen MR) is 119 cm³/mol. The van der Waals surface area contributed by atoms with Crippen molar-refractivity contribution >= 4 is 11.8 Å². The van der Waals surface area contributed by atoms with Crippen LogP contribution in [-0.2, 0) is 12.3 Å². The van der Waals surface area contributed by atoms with Crippen LogP contribution in [0, 0.1) is 0 Å². The third-order valence-corrected chi connectivity index (χ3v) is 5.79. The van der Waals surface area contributed by atoms with E-state index in [1.807, 2.05) is 41.0 Å². The number of rotatable bonds is 10. The highest BCUT2D eigenvalue weighted by molar-refractivity contribution is 7.98. The van der Waals surface area contributed by atoms with Gasteiger partial charge in [-0.25, -0.2) is 0 Å². The molecule has 0 atom stereocenters. The molecule has 2 aromatic carbocycles. The zero-order valence-electron chi connectivity index (χ0n) is 17.9. The summed E-state index contributed by atoms with van der Waals surface area (Å²) in [6, 6.07) is 16.1. The third kappa shape index (κ3) is 5.46. The molecule has 0 amide bonds. The van der Waals surface area contributed by atoms with E-state index in [4.69, 9.17) is 13.9 Å². The summed E-state index contributed by atoms with van der Waals surface area (Å²) in [5.41, 5.74) is 1.71. The van der Waals surface area contributed by atoms with Crippen molar-refractivity contribution in [1.29, 1.82) is 0 Å². The molecule has 2 aromatic heterocycles. The molecule has 0 aliphatic carbocycles. The van der Waals surface area contributed by atoms with Crippen molar-refractivity contribution in [2.45, 2.75) is 24.1 Å². The number of methoxy groups -OCH3 is 2. The predicted octanol–water partition coefficient (Wildman–Crippen LogP) is 5.50. The summed E-state index contributed by atoms with van der Waals surface area (Å²) in [6.07, 6.45) is 1.62. The number of furan rings is 1. The lowest BCUT2D eigenvalue weighted by Crippen LogP contribution is -2.04. The van der Waals surface area contributed by atoms with Gasteiger partial charge in [-0.05, 0) is 42.0 Å². The maximum Gasteiger partial charge on any atom is 0.387 e. The van der Waals surface area contributed by atoms with E-state index in [2.05, 4.69) is 14.9 Å². The fourth-order valence-corrected chi connectivity index (χ4v) is 4.10. The van der Waals surface area contributed by atoms with Crippen molar-refractivity contribution in [3.05, 3.63) is 72.2 Å². The highest BCUT2D eigenvalue weighted by Crippen LogP contribution is 2.33. The van der Waals surface area contributed by atoms with Gasteiger partial charge in [-0.15, -0.1) is 10.2 Å². The number of hydrogen-bond acceptors (Lipinski definition) is 7. The van der Waals surface area contributed by atoms with Crippen molar-refractivity contribution < 1.29 is 27.4 Å². The molecule has 0 unspecified atom stereocenters. The van der Waals surface area contributed by atoms with E-state index in [-0.39, 0.29) is 11.5 Å². The maximum absolute atomic E-state index is 12.6. The number of benzene rings is 2. The number of aromatic nitrogens is 3. The molecule has 33 heavy (non-hydrogen) atoms. The molecule has 0 saturated heterocycles. The van der Waals surface area contributed by atoms with Crippen LogP contribution < -0.4 is 14.2 Å². The second-order valence-corrected chi connectivity index (χ2v) is 7.80. The van der Waals surface area contributed by atoms with Crippen LogP contribution in [0.1, 0.15) is 11.3 Å². The number of thioether (sulfide) groups is 1. The van der Waals surface area contributed by atoms with Crippen LogP contribution in [0.5, 0.6) is 17.2 Å². The summed E-state index contributed by atoms with van der Waals surface area (Å²) in [7, 11) is 3.02. The molecule has 0 aliphatic heterocycles. The molecular formula is C23H21F2N3O4S. The molecule has 0 fully saturated rings. The Bertz CT molecular complexity index is 1200. The summed E-state index contributed by atoms with van der Waals surface area (Å²) < 4.78 is 47.7. The van der Waals surface area contributed by atoms with E-state index >= 15 is 0 Å². The van der Waals surface area contributed by atoms with Gasteiger partial charge in [0.1, 0.15) is 11.5 Å². The van der Waals surface area contributed by atoms with Gasteiger partial charge < -0.3 is 18.6 Å². The minimum absolute atomic E-state index is 0.0115. The first-order valence-corrected chi connectivity index (χ1v) is 10.9. The van der Waals surface area contributed by atoms with Crippen LogP contribution in [0.2, 0.25) is 0 Å². The molecule has 4 aromatic rings. The molecule has 0 spiro atoms. The van der Waals surface area contributed by atoms with E-state index in [0.717, 1.165) is 16.9 Å². The van der Waals surface area contributed by atoms with Gasteiger partial charge in [0, 0.05) is 11.3 Å². The van der Waals surface area contributed by atoms with Gasteiger partial charge in [0.15, 0.2) is 22.5 Å². The molecule has 10 heteroatoms. The molecule has 172 valence electrons. The number of halogens is 2. The molecule has 0 radical (unpaired) electrons. The summed E-state index contributed by atoms with van der Waals surface area (Å²) >= 11 is 1.46. The summed E-state index contributed by atoms with van der Waals surface area (Å²) in [5.74, 6) is 2.89. The topological polar surface area (TPSA) is 71.5 Å².